The number of rotatable bonds is 5. The number of anilines is 2. The van der Waals surface area contributed by atoms with E-state index in [2.05, 4.69) is 5.32 Å². The summed E-state index contributed by atoms with van der Waals surface area (Å²) in [6.45, 7) is 8.10. The molecule has 3 N–H and O–H groups in total. The molecule has 0 unspecified atom stereocenters. The average molecular weight is 480 g/mol. The summed E-state index contributed by atoms with van der Waals surface area (Å²) in [5, 5.41) is 2.72. The van der Waals surface area contributed by atoms with Crippen LogP contribution in [0.25, 0.3) is 0 Å². The van der Waals surface area contributed by atoms with Crippen molar-refractivity contribution in [3.8, 4) is 11.5 Å². The second kappa shape index (κ2) is 10.0. The summed E-state index contributed by atoms with van der Waals surface area (Å²) < 4.78 is 53.9. The molecule has 2 aromatic rings. The first kappa shape index (κ1) is 25.5. The Hall–Kier alpha value is -3.10. The molecule has 1 saturated heterocycles. The van der Waals surface area contributed by atoms with Gasteiger partial charge in [0.1, 0.15) is 22.7 Å². The number of ether oxygens (including phenoxy) is 2. The van der Waals surface area contributed by atoms with Gasteiger partial charge in [0.15, 0.2) is 0 Å². The second-order valence-corrected chi connectivity index (χ2v) is 9.58. The molecule has 2 aromatic carbocycles. The number of amides is 1. The first-order valence-electron chi connectivity index (χ1n) is 11.3. The number of nitrogens with two attached hydrogens (primary N) is 1. The minimum Gasteiger partial charge on any atom is -0.456 e. The van der Waals surface area contributed by atoms with E-state index in [9.17, 15) is 18.0 Å². The highest BCUT2D eigenvalue weighted by atomic mass is 19.4. The molecule has 1 aliphatic heterocycles. The van der Waals surface area contributed by atoms with Crippen LogP contribution in [0.4, 0.5) is 29.3 Å². The van der Waals surface area contributed by atoms with Crippen LogP contribution in [0.3, 0.4) is 0 Å². The number of alkyl halides is 3. The van der Waals surface area contributed by atoms with Gasteiger partial charge in [0.25, 0.3) is 0 Å². The number of para-hydroxylation sites is 1. The summed E-state index contributed by atoms with van der Waals surface area (Å²) in [6, 6.07) is 9.61. The molecule has 1 amide bonds. The van der Waals surface area contributed by atoms with Crippen molar-refractivity contribution in [1.29, 1.82) is 0 Å². The van der Waals surface area contributed by atoms with Crippen LogP contribution in [0.1, 0.15) is 44.7 Å². The Bertz CT molecular complexity index is 1020. The number of benzene rings is 2. The summed E-state index contributed by atoms with van der Waals surface area (Å²) in [7, 11) is 0. The lowest BCUT2D eigenvalue weighted by atomic mass is 9.96. The van der Waals surface area contributed by atoms with Crippen LogP contribution >= 0.6 is 0 Å². The van der Waals surface area contributed by atoms with E-state index < -0.39 is 23.4 Å². The minimum atomic E-state index is -4.68. The molecule has 1 fully saturated rings. The predicted octanol–water partition coefficient (Wildman–Crippen LogP) is 6.13. The van der Waals surface area contributed by atoms with E-state index in [1.54, 1.807) is 56.9 Å². The van der Waals surface area contributed by atoms with Gasteiger partial charge >= 0.3 is 12.3 Å². The molecule has 186 valence electrons. The molecule has 3 rings (SSSR count). The largest absolute Gasteiger partial charge is 0.456 e. The molecular formula is C25H32F3N3O3. The Morgan fingerprint density at radius 1 is 1.15 bits per heavy atom. The second-order valence-electron chi connectivity index (χ2n) is 9.58. The maximum absolute atomic E-state index is 14.3. The zero-order valence-corrected chi connectivity index (χ0v) is 20.0. The van der Waals surface area contributed by atoms with Crippen LogP contribution in [0.5, 0.6) is 11.5 Å². The number of aryl methyl sites for hydroxylation is 1. The number of piperidine rings is 1. The van der Waals surface area contributed by atoms with E-state index in [0.717, 1.165) is 12.0 Å². The van der Waals surface area contributed by atoms with E-state index in [4.69, 9.17) is 15.2 Å². The van der Waals surface area contributed by atoms with Gasteiger partial charge in [-0.25, -0.2) is 4.79 Å². The molecule has 0 spiro atoms. The summed E-state index contributed by atoms with van der Waals surface area (Å²) in [4.78, 5) is 13.7. The topological polar surface area (TPSA) is 76.8 Å². The zero-order chi connectivity index (χ0) is 25.1. The third-order valence-electron chi connectivity index (χ3n) is 5.54. The molecule has 0 bridgehead atoms. The third-order valence-corrected chi connectivity index (χ3v) is 5.54. The molecule has 0 saturated carbocycles. The standard InChI is InChI=1S/C25H32F3N3O3/c1-16-8-5-6-10-19(16)33-20-12-11-18(29)22(21(20)25(26,27)28)31-13-7-9-17(15-31)14-30-23(32)34-24(2,3)4/h5-6,8,10-12,17H,7,9,13-15,29H2,1-4H3,(H,30,32)/t17-/m0/s1. The van der Waals surface area contributed by atoms with Gasteiger partial charge in [-0.3, -0.25) is 0 Å². The Labute approximate surface area is 198 Å². The fourth-order valence-electron chi connectivity index (χ4n) is 4.05. The Morgan fingerprint density at radius 3 is 2.50 bits per heavy atom. The number of carbonyl (C=O) groups is 1. The van der Waals surface area contributed by atoms with Gasteiger partial charge in [-0.1, -0.05) is 18.2 Å². The van der Waals surface area contributed by atoms with Gasteiger partial charge < -0.3 is 25.4 Å². The Morgan fingerprint density at radius 2 is 1.85 bits per heavy atom. The van der Waals surface area contributed by atoms with Crippen molar-refractivity contribution >= 4 is 17.5 Å². The van der Waals surface area contributed by atoms with Crippen LogP contribution < -0.4 is 20.7 Å². The molecule has 9 heteroatoms. The van der Waals surface area contributed by atoms with Gasteiger partial charge in [0, 0.05) is 19.6 Å². The first-order chi connectivity index (χ1) is 15.8. The van der Waals surface area contributed by atoms with E-state index in [0.29, 0.717) is 31.8 Å². The van der Waals surface area contributed by atoms with Crippen molar-refractivity contribution in [2.45, 2.75) is 52.3 Å². The van der Waals surface area contributed by atoms with Crippen molar-refractivity contribution in [2.24, 2.45) is 5.92 Å². The quantitative estimate of drug-likeness (QED) is 0.505. The van der Waals surface area contributed by atoms with E-state index in [1.807, 2.05) is 0 Å². The molecule has 0 aliphatic carbocycles. The number of nitrogens with one attached hydrogen (secondary N) is 1. The highest BCUT2D eigenvalue weighted by Crippen LogP contribution is 2.47. The summed E-state index contributed by atoms with van der Waals surface area (Å²) >= 11 is 0. The van der Waals surface area contributed by atoms with Crippen LogP contribution in [-0.2, 0) is 10.9 Å². The van der Waals surface area contributed by atoms with Crippen LogP contribution in [0.15, 0.2) is 36.4 Å². The van der Waals surface area contributed by atoms with E-state index in [1.165, 1.54) is 12.1 Å². The van der Waals surface area contributed by atoms with Gasteiger partial charge in [0.05, 0.1) is 11.4 Å². The average Bonchev–Trinajstić information content (AvgIpc) is 2.73. The number of hydrogen-bond acceptors (Lipinski definition) is 5. The fraction of sp³-hybridized carbons (Fsp3) is 0.480. The lowest BCUT2D eigenvalue weighted by molar-refractivity contribution is -0.138. The minimum absolute atomic E-state index is 0.0326. The molecule has 1 heterocycles. The Kier molecular flexibility index (Phi) is 7.53. The summed E-state index contributed by atoms with van der Waals surface area (Å²) in [6.07, 6.45) is -3.79. The van der Waals surface area contributed by atoms with Gasteiger partial charge in [0.2, 0.25) is 0 Å². The highest BCUT2D eigenvalue weighted by molar-refractivity contribution is 5.76. The van der Waals surface area contributed by atoms with Gasteiger partial charge in [-0.2, -0.15) is 13.2 Å². The number of alkyl carbamates (subject to hydrolysis) is 1. The number of hydrogen-bond donors (Lipinski definition) is 2. The number of halogens is 3. The smallest absolute Gasteiger partial charge is 0.422 e. The molecule has 1 aliphatic rings. The monoisotopic (exact) mass is 479 g/mol. The summed E-state index contributed by atoms with van der Waals surface area (Å²) in [5.74, 6) is 0.00417. The lowest BCUT2D eigenvalue weighted by Gasteiger charge is -2.37. The van der Waals surface area contributed by atoms with Gasteiger partial charge in [-0.05, 0) is 70.2 Å². The van der Waals surface area contributed by atoms with Crippen LogP contribution in [0, 0.1) is 12.8 Å². The van der Waals surface area contributed by atoms with Crippen molar-refractivity contribution in [3.63, 3.8) is 0 Å². The predicted molar refractivity (Wildman–Crippen MR) is 126 cm³/mol. The van der Waals surface area contributed by atoms with Crippen LogP contribution in [0.2, 0.25) is 0 Å². The highest BCUT2D eigenvalue weighted by Gasteiger charge is 2.41. The van der Waals surface area contributed by atoms with Crippen molar-refractivity contribution in [1.82, 2.24) is 5.32 Å². The van der Waals surface area contributed by atoms with Crippen molar-refractivity contribution in [2.75, 3.05) is 30.3 Å². The fourth-order valence-corrected chi connectivity index (χ4v) is 4.05. The maximum Gasteiger partial charge on any atom is 0.422 e. The molecule has 1 atom stereocenters. The van der Waals surface area contributed by atoms with E-state index >= 15 is 0 Å². The molecule has 0 radical (unpaired) electrons. The first-order valence-corrected chi connectivity index (χ1v) is 11.3. The molecule has 6 nitrogen and oxygen atoms in total. The SMILES string of the molecule is Cc1ccccc1Oc1ccc(N)c(N2CCC[C@@H](CNC(=O)OC(C)(C)C)C2)c1C(F)(F)F. The molecule has 34 heavy (non-hydrogen) atoms. The van der Waals surface area contributed by atoms with Crippen molar-refractivity contribution < 1.29 is 27.4 Å². The van der Waals surface area contributed by atoms with Crippen molar-refractivity contribution in [3.05, 3.63) is 47.5 Å². The number of nitrogens with zero attached hydrogens (tertiary/aromatic N) is 1. The number of nitrogen functional groups attached to an aromatic ring is 1. The van der Waals surface area contributed by atoms with Gasteiger partial charge in [-0.15, -0.1) is 0 Å². The van der Waals surface area contributed by atoms with E-state index in [-0.39, 0.29) is 23.0 Å². The summed E-state index contributed by atoms with van der Waals surface area (Å²) in [5.41, 5.74) is 5.24. The molecule has 0 aromatic heterocycles. The lowest BCUT2D eigenvalue weighted by Crippen LogP contribution is -2.43. The Balaban J connectivity index is 1.86. The molecular weight excluding hydrogens is 447 g/mol. The zero-order valence-electron chi connectivity index (χ0n) is 20.0. The third kappa shape index (κ3) is 6.48. The van der Waals surface area contributed by atoms with Crippen LogP contribution in [-0.4, -0.2) is 31.3 Å². The maximum atomic E-state index is 14.3. The number of carbonyl (C=O) groups excluding carboxylic acids is 1. The normalized spacial score (nSPS) is 16.8.